The van der Waals surface area contributed by atoms with Crippen LogP contribution in [0.5, 0.6) is 0 Å². The quantitative estimate of drug-likeness (QED) is 0.598. The zero-order valence-corrected chi connectivity index (χ0v) is 8.93. The Kier molecular flexibility index (Phi) is 3.02. The van der Waals surface area contributed by atoms with Crippen LogP contribution in [0.2, 0.25) is 0 Å². The van der Waals surface area contributed by atoms with Gasteiger partial charge in [-0.3, -0.25) is 4.79 Å². The van der Waals surface area contributed by atoms with Gasteiger partial charge in [-0.2, -0.15) is 0 Å². The number of sulfone groups is 1. The third-order valence-corrected chi connectivity index (χ3v) is 2.64. The van der Waals surface area contributed by atoms with Crippen molar-refractivity contribution < 1.29 is 13.2 Å². The van der Waals surface area contributed by atoms with Crippen molar-refractivity contribution in [2.45, 2.75) is 0 Å². The third-order valence-electron chi connectivity index (χ3n) is 1.29. The van der Waals surface area contributed by atoms with Crippen LogP contribution in [-0.4, -0.2) is 25.9 Å². The summed E-state index contributed by atoms with van der Waals surface area (Å²) in [5.41, 5.74) is 5.65. The first kappa shape index (κ1) is 10.9. The molecule has 0 aliphatic carbocycles. The Balaban J connectivity index is 3.18. The number of thiazole rings is 1. The van der Waals surface area contributed by atoms with Crippen LogP contribution in [0.4, 0.5) is 5.13 Å². The molecule has 2 N–H and O–H groups in total. The normalized spacial score (nSPS) is 12.8. The SMILES string of the molecule is CS(=O)(=O)/C=C(\C=O)c1csc(N)n1. The minimum absolute atomic E-state index is 0.0143. The summed E-state index contributed by atoms with van der Waals surface area (Å²) >= 11 is 1.15. The third kappa shape index (κ3) is 2.93. The first-order valence-corrected chi connectivity index (χ1v) is 6.34. The lowest BCUT2D eigenvalue weighted by Gasteiger charge is -1.92. The molecule has 76 valence electrons. The number of aromatic nitrogens is 1. The minimum Gasteiger partial charge on any atom is -0.375 e. The van der Waals surface area contributed by atoms with Crippen LogP contribution in [0, 0.1) is 0 Å². The second-order valence-electron chi connectivity index (χ2n) is 2.59. The molecule has 14 heavy (non-hydrogen) atoms. The highest BCUT2D eigenvalue weighted by atomic mass is 32.2. The summed E-state index contributed by atoms with van der Waals surface area (Å²) in [6, 6.07) is 0. The smallest absolute Gasteiger partial charge is 0.180 e. The van der Waals surface area contributed by atoms with Crippen LogP contribution in [-0.2, 0) is 14.6 Å². The maximum Gasteiger partial charge on any atom is 0.180 e. The predicted octanol–water partition coefficient (Wildman–Crippen LogP) is 0.310. The van der Waals surface area contributed by atoms with Gasteiger partial charge < -0.3 is 5.73 Å². The van der Waals surface area contributed by atoms with E-state index < -0.39 is 9.84 Å². The van der Waals surface area contributed by atoms with E-state index >= 15 is 0 Å². The molecule has 0 aliphatic rings. The average Bonchev–Trinajstić information content (AvgIpc) is 2.46. The lowest BCUT2D eigenvalue weighted by molar-refractivity contribution is -0.103. The molecule has 0 spiro atoms. The van der Waals surface area contributed by atoms with Crippen molar-refractivity contribution in [2.75, 3.05) is 12.0 Å². The number of carbonyl (C=O) groups excluding carboxylic acids is 1. The number of carbonyl (C=O) groups is 1. The fourth-order valence-electron chi connectivity index (χ4n) is 0.799. The molecule has 0 amide bonds. The molecule has 0 unspecified atom stereocenters. The van der Waals surface area contributed by atoms with Crippen LogP contribution in [0.25, 0.3) is 5.57 Å². The van der Waals surface area contributed by atoms with Crippen molar-refractivity contribution in [2.24, 2.45) is 0 Å². The van der Waals surface area contributed by atoms with Crippen molar-refractivity contribution in [3.05, 3.63) is 16.5 Å². The summed E-state index contributed by atoms with van der Waals surface area (Å²) in [6.07, 6.45) is 1.45. The number of nitrogens with two attached hydrogens (primary N) is 1. The lowest BCUT2D eigenvalue weighted by Crippen LogP contribution is -1.95. The highest BCUT2D eigenvalue weighted by Crippen LogP contribution is 2.18. The van der Waals surface area contributed by atoms with Gasteiger partial charge >= 0.3 is 0 Å². The van der Waals surface area contributed by atoms with Gasteiger partial charge in [0.05, 0.1) is 11.3 Å². The van der Waals surface area contributed by atoms with E-state index in [2.05, 4.69) is 4.98 Å². The number of allylic oxidation sites excluding steroid dienone is 1. The van der Waals surface area contributed by atoms with Crippen molar-refractivity contribution >= 4 is 38.2 Å². The van der Waals surface area contributed by atoms with Gasteiger partial charge in [-0.1, -0.05) is 0 Å². The number of nitrogen functional groups attached to an aromatic ring is 1. The van der Waals surface area contributed by atoms with Crippen LogP contribution in [0.3, 0.4) is 0 Å². The Morgan fingerprint density at radius 2 is 2.29 bits per heavy atom. The number of hydrogen-bond donors (Lipinski definition) is 1. The van der Waals surface area contributed by atoms with Gasteiger partial charge in [-0.25, -0.2) is 13.4 Å². The Morgan fingerprint density at radius 1 is 1.64 bits per heavy atom. The standard InChI is InChI=1S/C7H8N2O3S2/c1-14(11,12)4-5(2-10)6-3-13-7(8)9-6/h2-4H,1H3,(H2,8,9)/b5-4+. The fourth-order valence-corrected chi connectivity index (χ4v) is 2.01. The van der Waals surface area contributed by atoms with Gasteiger partial charge in [0, 0.05) is 17.0 Å². The fraction of sp³-hybridized carbons (Fsp3) is 0.143. The first-order chi connectivity index (χ1) is 6.42. The average molecular weight is 232 g/mol. The monoisotopic (exact) mass is 232 g/mol. The van der Waals surface area contributed by atoms with E-state index in [1.807, 2.05) is 0 Å². The van der Waals surface area contributed by atoms with Crippen molar-refractivity contribution in [1.29, 1.82) is 0 Å². The summed E-state index contributed by atoms with van der Waals surface area (Å²) in [5.74, 6) is 0. The highest BCUT2D eigenvalue weighted by Gasteiger charge is 2.08. The molecule has 5 nitrogen and oxygen atoms in total. The Morgan fingerprint density at radius 3 is 2.64 bits per heavy atom. The molecule has 1 heterocycles. The van der Waals surface area contributed by atoms with Crippen LogP contribution in [0.1, 0.15) is 5.69 Å². The molecule has 0 saturated carbocycles. The molecule has 0 bridgehead atoms. The second-order valence-corrected chi connectivity index (χ2v) is 5.38. The summed E-state index contributed by atoms with van der Waals surface area (Å²) in [4.78, 5) is 14.4. The van der Waals surface area contributed by atoms with Gasteiger partial charge in [-0.15, -0.1) is 11.3 Å². The number of rotatable bonds is 3. The summed E-state index contributed by atoms with van der Waals surface area (Å²) < 4.78 is 21.8. The van der Waals surface area contributed by atoms with E-state index in [-0.39, 0.29) is 11.3 Å². The maximum absolute atomic E-state index is 10.9. The summed E-state index contributed by atoms with van der Waals surface area (Å²) in [7, 11) is -3.34. The van der Waals surface area contributed by atoms with Crippen molar-refractivity contribution in [1.82, 2.24) is 4.98 Å². The molecule has 0 radical (unpaired) electrons. The highest BCUT2D eigenvalue weighted by molar-refractivity contribution is 7.93. The van der Waals surface area contributed by atoms with Gasteiger partial charge in [0.2, 0.25) is 0 Å². The molecular formula is C7H8N2O3S2. The minimum atomic E-state index is -3.34. The van der Waals surface area contributed by atoms with Crippen LogP contribution in [0.15, 0.2) is 10.8 Å². The molecule has 0 saturated heterocycles. The van der Waals surface area contributed by atoms with Crippen molar-refractivity contribution in [3.63, 3.8) is 0 Å². The molecule has 0 fully saturated rings. The van der Waals surface area contributed by atoms with Gasteiger partial charge in [-0.05, 0) is 0 Å². The van der Waals surface area contributed by atoms with E-state index in [1.54, 1.807) is 0 Å². The predicted molar refractivity (Wildman–Crippen MR) is 55.4 cm³/mol. The Bertz CT molecular complexity index is 473. The molecular weight excluding hydrogens is 224 g/mol. The largest absolute Gasteiger partial charge is 0.375 e. The van der Waals surface area contributed by atoms with Gasteiger partial charge in [0.25, 0.3) is 0 Å². The van der Waals surface area contributed by atoms with Gasteiger partial charge in [0.1, 0.15) is 0 Å². The number of nitrogens with zero attached hydrogens (tertiary/aromatic N) is 1. The molecule has 0 aliphatic heterocycles. The van der Waals surface area contributed by atoms with Crippen molar-refractivity contribution in [3.8, 4) is 0 Å². The zero-order valence-electron chi connectivity index (χ0n) is 7.30. The molecule has 0 aromatic carbocycles. The Hall–Kier alpha value is -1.21. The first-order valence-electron chi connectivity index (χ1n) is 3.50. The molecule has 7 heteroatoms. The topological polar surface area (TPSA) is 90.1 Å². The van der Waals surface area contributed by atoms with E-state index in [9.17, 15) is 13.2 Å². The number of aldehydes is 1. The van der Waals surface area contributed by atoms with Crippen LogP contribution >= 0.6 is 11.3 Å². The second kappa shape index (κ2) is 3.89. The summed E-state index contributed by atoms with van der Waals surface area (Å²) in [5, 5.41) is 2.69. The van der Waals surface area contributed by atoms with E-state index in [0.29, 0.717) is 11.4 Å². The lowest BCUT2D eigenvalue weighted by atomic mass is 10.3. The number of hydrogen-bond acceptors (Lipinski definition) is 6. The zero-order chi connectivity index (χ0) is 10.8. The van der Waals surface area contributed by atoms with E-state index in [1.165, 1.54) is 5.38 Å². The van der Waals surface area contributed by atoms with E-state index in [0.717, 1.165) is 23.0 Å². The molecule has 1 aromatic heterocycles. The molecule has 1 aromatic rings. The maximum atomic E-state index is 10.9. The summed E-state index contributed by atoms with van der Waals surface area (Å²) in [6.45, 7) is 0. The molecule has 1 rings (SSSR count). The number of anilines is 1. The molecule has 0 atom stereocenters. The Labute approximate surface area is 85.2 Å². The van der Waals surface area contributed by atoms with Crippen LogP contribution < -0.4 is 5.73 Å². The van der Waals surface area contributed by atoms with Gasteiger partial charge in [0.15, 0.2) is 21.3 Å². The van der Waals surface area contributed by atoms with E-state index in [4.69, 9.17) is 5.73 Å².